The molecule has 0 saturated carbocycles. The summed E-state index contributed by atoms with van der Waals surface area (Å²) in [5.74, 6) is -0.0914. The zero-order chi connectivity index (χ0) is 19.7. The van der Waals surface area contributed by atoms with Gasteiger partial charge in [-0.15, -0.1) is 4.41 Å². The first-order valence-corrected chi connectivity index (χ1v) is 10.1. The predicted molar refractivity (Wildman–Crippen MR) is 101 cm³/mol. The number of hydrogen-bond donors (Lipinski definition) is 1. The van der Waals surface area contributed by atoms with Crippen molar-refractivity contribution >= 4 is 26.7 Å². The summed E-state index contributed by atoms with van der Waals surface area (Å²) in [7, 11) is -3.80. The van der Waals surface area contributed by atoms with E-state index in [-0.39, 0.29) is 36.2 Å². The summed E-state index contributed by atoms with van der Waals surface area (Å²) >= 11 is 0. The molecule has 1 fully saturated rings. The molecule has 1 aliphatic rings. The largest absolute Gasteiger partial charge is 0.489 e. The average Bonchev–Trinajstić information content (AvgIpc) is 3.14. The number of halogens is 1. The second-order valence-electron chi connectivity index (χ2n) is 6.41. The van der Waals surface area contributed by atoms with Crippen molar-refractivity contribution in [2.75, 3.05) is 6.54 Å². The molecule has 0 aliphatic carbocycles. The molecule has 0 spiro atoms. The maximum absolute atomic E-state index is 13.7. The van der Waals surface area contributed by atoms with Gasteiger partial charge in [0.2, 0.25) is 5.91 Å². The highest BCUT2D eigenvalue weighted by atomic mass is 32.2. The van der Waals surface area contributed by atoms with Crippen LogP contribution in [0.4, 0.5) is 4.39 Å². The van der Waals surface area contributed by atoms with Crippen LogP contribution in [0.3, 0.4) is 0 Å². The van der Waals surface area contributed by atoms with Crippen molar-refractivity contribution in [1.82, 2.24) is 9.84 Å². The Morgan fingerprint density at radius 3 is 2.54 bits per heavy atom. The summed E-state index contributed by atoms with van der Waals surface area (Å²) < 4.78 is 45.6. The molecule has 1 heterocycles. The molecule has 144 valence electrons. The van der Waals surface area contributed by atoms with Gasteiger partial charge in [-0.25, -0.2) is 12.8 Å². The van der Waals surface area contributed by atoms with Gasteiger partial charge in [-0.2, -0.15) is 0 Å². The summed E-state index contributed by atoms with van der Waals surface area (Å²) in [5.41, 5.74) is 2.80. The van der Waals surface area contributed by atoms with Crippen LogP contribution in [0.25, 0.3) is 10.8 Å². The van der Waals surface area contributed by atoms with Crippen LogP contribution < -0.4 is 10.2 Å². The van der Waals surface area contributed by atoms with Crippen molar-refractivity contribution in [3.8, 4) is 5.75 Å². The van der Waals surface area contributed by atoms with Gasteiger partial charge in [0.15, 0.2) is 0 Å². The highest BCUT2D eigenvalue weighted by molar-refractivity contribution is 7.89. The summed E-state index contributed by atoms with van der Waals surface area (Å²) in [6.07, 6.45) is 0.148. The molecule has 1 N–H and O–H groups in total. The zero-order valence-corrected chi connectivity index (χ0v) is 15.6. The number of carbonyl (C=O) groups excluding carboxylic acids is 1. The minimum Gasteiger partial charge on any atom is -0.489 e. The molecule has 1 aliphatic heterocycles. The van der Waals surface area contributed by atoms with E-state index in [9.17, 15) is 17.6 Å². The molecule has 8 heteroatoms. The second-order valence-corrected chi connectivity index (χ2v) is 8.28. The van der Waals surface area contributed by atoms with Crippen LogP contribution in [0.1, 0.15) is 12.0 Å². The Kier molecular flexibility index (Phi) is 4.74. The number of sulfonamides is 1. The number of rotatable bonds is 5. The first kappa shape index (κ1) is 18.4. The fourth-order valence-corrected chi connectivity index (χ4v) is 4.31. The van der Waals surface area contributed by atoms with E-state index in [0.29, 0.717) is 16.7 Å². The second kappa shape index (κ2) is 7.21. The molecule has 28 heavy (non-hydrogen) atoms. The van der Waals surface area contributed by atoms with E-state index < -0.39 is 10.0 Å². The number of ether oxygens (including phenoxy) is 1. The molecule has 0 bridgehead atoms. The minimum atomic E-state index is -3.80. The molecule has 0 radical (unpaired) electrons. The Balaban J connectivity index is 1.56. The minimum absolute atomic E-state index is 0.0965. The van der Waals surface area contributed by atoms with Crippen molar-refractivity contribution in [1.29, 1.82) is 0 Å². The lowest BCUT2D eigenvalue weighted by molar-refractivity contribution is -0.120. The molecule has 4 rings (SSSR count). The van der Waals surface area contributed by atoms with Crippen molar-refractivity contribution < 1.29 is 22.3 Å². The van der Waals surface area contributed by atoms with E-state index in [4.69, 9.17) is 4.74 Å². The third-order valence-electron chi connectivity index (χ3n) is 4.51. The van der Waals surface area contributed by atoms with Crippen LogP contribution >= 0.6 is 0 Å². The number of benzene rings is 3. The van der Waals surface area contributed by atoms with E-state index in [1.807, 2.05) is 0 Å². The van der Waals surface area contributed by atoms with Crippen LogP contribution in [-0.4, -0.2) is 25.3 Å². The van der Waals surface area contributed by atoms with Gasteiger partial charge in [-0.05, 0) is 41.1 Å². The number of hydrogen-bond acceptors (Lipinski definition) is 4. The van der Waals surface area contributed by atoms with Crippen LogP contribution in [0, 0.1) is 5.82 Å². The summed E-state index contributed by atoms with van der Waals surface area (Å²) in [6, 6.07) is 16.3. The van der Waals surface area contributed by atoms with Gasteiger partial charge in [-0.3, -0.25) is 10.2 Å². The fourth-order valence-electron chi connectivity index (χ4n) is 2.99. The summed E-state index contributed by atoms with van der Waals surface area (Å²) in [4.78, 5) is 11.4. The van der Waals surface area contributed by atoms with Crippen LogP contribution in [0.2, 0.25) is 0 Å². The maximum atomic E-state index is 13.7. The molecule has 6 nitrogen and oxygen atoms in total. The quantitative estimate of drug-likeness (QED) is 0.715. The lowest BCUT2D eigenvalue weighted by Crippen LogP contribution is -2.38. The SMILES string of the molecule is O=C1CCN(S(=O)(=O)c2ccc3cc(OCc4ccccc4F)ccc3c2)N1. The first-order valence-electron chi connectivity index (χ1n) is 8.66. The highest BCUT2D eigenvalue weighted by Crippen LogP contribution is 2.26. The van der Waals surface area contributed by atoms with Crippen molar-refractivity contribution in [3.05, 3.63) is 72.0 Å². The standard InChI is InChI=1S/C20H17FN2O4S/c21-19-4-2-1-3-16(19)13-27-17-7-5-15-12-18(8-6-14(15)11-17)28(25,26)23-10-9-20(24)22-23/h1-8,11-12H,9-10,13H2,(H,22,24). The number of carbonyl (C=O) groups is 1. The van der Waals surface area contributed by atoms with Gasteiger partial charge in [0.05, 0.1) is 4.90 Å². The predicted octanol–water partition coefficient (Wildman–Crippen LogP) is 2.98. The Hall–Kier alpha value is -2.97. The van der Waals surface area contributed by atoms with Crippen LogP contribution in [0.5, 0.6) is 5.75 Å². The van der Waals surface area contributed by atoms with E-state index >= 15 is 0 Å². The third-order valence-corrected chi connectivity index (χ3v) is 6.22. The van der Waals surface area contributed by atoms with Gasteiger partial charge >= 0.3 is 0 Å². The molecule has 0 aromatic heterocycles. The van der Waals surface area contributed by atoms with Gasteiger partial charge in [0.1, 0.15) is 18.2 Å². The molecular weight excluding hydrogens is 383 g/mol. The van der Waals surface area contributed by atoms with E-state index in [1.165, 1.54) is 12.1 Å². The lowest BCUT2D eigenvalue weighted by atomic mass is 10.1. The van der Waals surface area contributed by atoms with Gasteiger partial charge in [0.25, 0.3) is 10.0 Å². The molecule has 3 aromatic rings. The van der Waals surface area contributed by atoms with Crippen molar-refractivity contribution in [3.63, 3.8) is 0 Å². The van der Waals surface area contributed by atoms with Crippen molar-refractivity contribution in [2.24, 2.45) is 0 Å². The molecule has 1 amide bonds. The number of nitrogens with zero attached hydrogens (tertiary/aromatic N) is 1. The normalized spacial score (nSPS) is 15.0. The summed E-state index contributed by atoms with van der Waals surface area (Å²) in [6.45, 7) is 0.210. The Morgan fingerprint density at radius 1 is 1.04 bits per heavy atom. The van der Waals surface area contributed by atoms with Crippen LogP contribution in [0.15, 0.2) is 65.6 Å². The van der Waals surface area contributed by atoms with E-state index in [2.05, 4.69) is 5.43 Å². The van der Waals surface area contributed by atoms with Gasteiger partial charge in [0, 0.05) is 18.5 Å². The van der Waals surface area contributed by atoms with E-state index in [0.717, 1.165) is 9.80 Å². The topological polar surface area (TPSA) is 75.7 Å². The fraction of sp³-hybridized carbons (Fsp3) is 0.150. The number of hydrazine groups is 1. The zero-order valence-electron chi connectivity index (χ0n) is 14.8. The summed E-state index contributed by atoms with van der Waals surface area (Å²) in [5, 5.41) is 1.50. The first-order chi connectivity index (χ1) is 13.4. The Bertz CT molecular complexity index is 1160. The Morgan fingerprint density at radius 2 is 1.79 bits per heavy atom. The molecule has 0 unspecified atom stereocenters. The number of nitrogens with one attached hydrogen (secondary N) is 1. The average molecular weight is 400 g/mol. The number of amides is 1. The highest BCUT2D eigenvalue weighted by Gasteiger charge is 2.31. The monoisotopic (exact) mass is 400 g/mol. The number of fused-ring (bicyclic) bond motifs is 1. The van der Waals surface area contributed by atoms with Crippen molar-refractivity contribution in [2.45, 2.75) is 17.9 Å². The Labute approximate surface area is 161 Å². The smallest absolute Gasteiger partial charge is 0.259 e. The van der Waals surface area contributed by atoms with Crippen LogP contribution in [-0.2, 0) is 21.4 Å². The van der Waals surface area contributed by atoms with E-state index in [1.54, 1.807) is 48.5 Å². The lowest BCUT2D eigenvalue weighted by Gasteiger charge is -2.15. The third kappa shape index (κ3) is 3.56. The molecule has 1 saturated heterocycles. The van der Waals surface area contributed by atoms with Gasteiger partial charge in [-0.1, -0.05) is 30.3 Å². The molecule has 3 aromatic carbocycles. The molecular formula is C20H17FN2O4S. The maximum Gasteiger partial charge on any atom is 0.259 e. The van der Waals surface area contributed by atoms with Gasteiger partial charge < -0.3 is 4.74 Å². The molecule has 0 atom stereocenters.